The van der Waals surface area contributed by atoms with Crippen LogP contribution in [-0.2, 0) is 16.6 Å². The lowest BCUT2D eigenvalue weighted by atomic mass is 10.1. The number of hydrogen-bond donors (Lipinski definition) is 1. The highest BCUT2D eigenvalue weighted by atomic mass is 35.5. The van der Waals surface area contributed by atoms with Crippen LogP contribution in [0.15, 0.2) is 65.6 Å². The van der Waals surface area contributed by atoms with Gasteiger partial charge in [0.1, 0.15) is 11.5 Å². The van der Waals surface area contributed by atoms with Crippen LogP contribution in [0.5, 0.6) is 11.5 Å². The number of nitrogens with one attached hydrogen (secondary N) is 1. The number of hydrogen-bond acceptors (Lipinski definition) is 5. The highest BCUT2D eigenvalue weighted by Gasteiger charge is 2.23. The van der Waals surface area contributed by atoms with Gasteiger partial charge in [0.15, 0.2) is 0 Å². The summed E-state index contributed by atoms with van der Waals surface area (Å²) in [6, 6.07) is 16.5. The predicted molar refractivity (Wildman–Crippen MR) is 133 cm³/mol. The van der Waals surface area contributed by atoms with Crippen LogP contribution in [0.3, 0.4) is 0 Å². The van der Waals surface area contributed by atoms with E-state index in [2.05, 4.69) is 5.32 Å². The second-order valence-electron chi connectivity index (χ2n) is 7.63. The molecule has 0 saturated heterocycles. The first kappa shape index (κ1) is 25.6. The summed E-state index contributed by atoms with van der Waals surface area (Å²) >= 11 is 6.14. The van der Waals surface area contributed by atoms with E-state index < -0.39 is 10.0 Å². The molecule has 0 atom stereocenters. The lowest BCUT2D eigenvalue weighted by Crippen LogP contribution is -2.27. The molecule has 0 bridgehead atoms. The summed E-state index contributed by atoms with van der Waals surface area (Å²) in [6.45, 7) is 4.16. The van der Waals surface area contributed by atoms with E-state index in [1.807, 2.05) is 13.8 Å². The first-order valence-corrected chi connectivity index (χ1v) is 12.4. The SMILES string of the molecule is CCOc1ccc(C(=O)Nc2ccc(OC)c(Cl)c2)cc1CN(C)S(=O)(=O)c1ccc(C)cc1. The number of amides is 1. The Hall–Kier alpha value is -3.07. The van der Waals surface area contributed by atoms with E-state index in [1.165, 1.54) is 18.5 Å². The lowest BCUT2D eigenvalue weighted by molar-refractivity contribution is 0.102. The Kier molecular flexibility index (Phi) is 8.19. The quantitative estimate of drug-likeness (QED) is 0.438. The third-order valence-corrected chi connectivity index (χ3v) is 7.27. The van der Waals surface area contributed by atoms with Crippen molar-refractivity contribution in [3.63, 3.8) is 0 Å². The van der Waals surface area contributed by atoms with Crippen molar-refractivity contribution in [1.29, 1.82) is 0 Å². The molecule has 1 N–H and O–H groups in total. The minimum atomic E-state index is -3.73. The van der Waals surface area contributed by atoms with Crippen molar-refractivity contribution < 1.29 is 22.7 Å². The molecule has 0 aliphatic heterocycles. The first-order chi connectivity index (χ1) is 16.1. The van der Waals surface area contributed by atoms with Crippen molar-refractivity contribution in [2.45, 2.75) is 25.3 Å². The number of carbonyl (C=O) groups is 1. The zero-order valence-electron chi connectivity index (χ0n) is 19.5. The Balaban J connectivity index is 1.86. The standard InChI is InChI=1S/C25H27ClN2O5S/c1-5-33-23-12-8-18(25(29)27-20-9-13-24(32-4)22(26)15-20)14-19(23)16-28(3)34(30,31)21-10-6-17(2)7-11-21/h6-15H,5,16H2,1-4H3,(H,27,29). The van der Waals surface area contributed by atoms with Gasteiger partial charge in [0.25, 0.3) is 5.91 Å². The maximum atomic E-state index is 13.0. The second kappa shape index (κ2) is 10.9. The number of carbonyl (C=O) groups excluding carboxylic acids is 1. The molecule has 0 radical (unpaired) electrons. The summed E-state index contributed by atoms with van der Waals surface area (Å²) < 4.78 is 38.1. The van der Waals surface area contributed by atoms with Gasteiger partial charge >= 0.3 is 0 Å². The van der Waals surface area contributed by atoms with Crippen LogP contribution in [0, 0.1) is 6.92 Å². The summed E-state index contributed by atoms with van der Waals surface area (Å²) in [7, 11) is -0.720. The average molecular weight is 503 g/mol. The number of nitrogens with zero attached hydrogens (tertiary/aromatic N) is 1. The summed E-state index contributed by atoms with van der Waals surface area (Å²) in [5.74, 6) is 0.646. The van der Waals surface area contributed by atoms with Gasteiger partial charge in [-0.05, 0) is 62.4 Å². The smallest absolute Gasteiger partial charge is 0.255 e. The minimum Gasteiger partial charge on any atom is -0.495 e. The molecular formula is C25H27ClN2O5S. The first-order valence-electron chi connectivity index (χ1n) is 10.6. The van der Waals surface area contributed by atoms with E-state index in [4.69, 9.17) is 21.1 Å². The number of benzene rings is 3. The van der Waals surface area contributed by atoms with Crippen LogP contribution in [0.25, 0.3) is 0 Å². The van der Waals surface area contributed by atoms with Crippen molar-refractivity contribution in [2.24, 2.45) is 0 Å². The fraction of sp³-hybridized carbons (Fsp3) is 0.240. The maximum Gasteiger partial charge on any atom is 0.255 e. The Labute approximate surface area is 205 Å². The lowest BCUT2D eigenvalue weighted by Gasteiger charge is -2.20. The van der Waals surface area contributed by atoms with Crippen LogP contribution in [-0.4, -0.2) is 39.4 Å². The van der Waals surface area contributed by atoms with Crippen molar-refractivity contribution >= 4 is 33.2 Å². The monoisotopic (exact) mass is 502 g/mol. The van der Waals surface area contributed by atoms with Gasteiger partial charge in [0.05, 0.1) is 23.6 Å². The van der Waals surface area contributed by atoms with E-state index in [0.29, 0.717) is 39.9 Å². The van der Waals surface area contributed by atoms with Crippen LogP contribution in [0.1, 0.15) is 28.4 Å². The molecule has 0 unspecified atom stereocenters. The third-order valence-electron chi connectivity index (χ3n) is 5.15. The van der Waals surface area contributed by atoms with E-state index >= 15 is 0 Å². The van der Waals surface area contributed by atoms with Gasteiger partial charge in [-0.1, -0.05) is 29.3 Å². The van der Waals surface area contributed by atoms with Gasteiger partial charge in [-0.2, -0.15) is 4.31 Å². The molecule has 34 heavy (non-hydrogen) atoms. The minimum absolute atomic E-state index is 0.0288. The summed E-state index contributed by atoms with van der Waals surface area (Å²) in [5.41, 5.74) is 2.40. The highest BCUT2D eigenvalue weighted by Crippen LogP contribution is 2.28. The zero-order chi connectivity index (χ0) is 24.9. The fourth-order valence-electron chi connectivity index (χ4n) is 3.30. The molecule has 180 valence electrons. The number of methoxy groups -OCH3 is 1. The summed E-state index contributed by atoms with van der Waals surface area (Å²) in [4.78, 5) is 13.1. The van der Waals surface area contributed by atoms with Crippen LogP contribution < -0.4 is 14.8 Å². The predicted octanol–water partition coefficient (Wildman–Crippen LogP) is 5.13. The molecule has 0 saturated carbocycles. The Morgan fingerprint density at radius 1 is 1.03 bits per heavy atom. The zero-order valence-corrected chi connectivity index (χ0v) is 21.0. The molecular weight excluding hydrogens is 476 g/mol. The van der Waals surface area contributed by atoms with Crippen molar-refractivity contribution in [3.05, 3.63) is 82.4 Å². The van der Waals surface area contributed by atoms with E-state index in [1.54, 1.807) is 60.7 Å². The molecule has 7 nitrogen and oxygen atoms in total. The van der Waals surface area contributed by atoms with Gasteiger partial charge in [0.2, 0.25) is 10.0 Å². The number of aryl methyl sites for hydroxylation is 1. The molecule has 0 spiro atoms. The number of sulfonamides is 1. The summed E-state index contributed by atoms with van der Waals surface area (Å²) in [6.07, 6.45) is 0. The average Bonchev–Trinajstić information content (AvgIpc) is 2.80. The molecule has 0 aromatic heterocycles. The molecule has 0 fully saturated rings. The van der Waals surface area contributed by atoms with Gasteiger partial charge in [0, 0.05) is 30.4 Å². The molecule has 0 aliphatic carbocycles. The van der Waals surface area contributed by atoms with Gasteiger partial charge in [-0.3, -0.25) is 4.79 Å². The van der Waals surface area contributed by atoms with Crippen molar-refractivity contribution in [1.82, 2.24) is 4.31 Å². The normalized spacial score (nSPS) is 11.4. The second-order valence-corrected chi connectivity index (χ2v) is 10.1. The molecule has 1 amide bonds. The fourth-order valence-corrected chi connectivity index (χ4v) is 4.71. The van der Waals surface area contributed by atoms with E-state index in [9.17, 15) is 13.2 Å². The number of anilines is 1. The van der Waals surface area contributed by atoms with Gasteiger partial charge < -0.3 is 14.8 Å². The topological polar surface area (TPSA) is 84.9 Å². The molecule has 9 heteroatoms. The Morgan fingerprint density at radius 2 is 1.71 bits per heavy atom. The van der Waals surface area contributed by atoms with Gasteiger partial charge in [-0.25, -0.2) is 8.42 Å². The van der Waals surface area contributed by atoms with Crippen LogP contribution >= 0.6 is 11.6 Å². The highest BCUT2D eigenvalue weighted by molar-refractivity contribution is 7.89. The molecule has 3 aromatic carbocycles. The van der Waals surface area contributed by atoms with Crippen molar-refractivity contribution in [3.8, 4) is 11.5 Å². The Bertz CT molecular complexity index is 1280. The van der Waals surface area contributed by atoms with E-state index in [-0.39, 0.29) is 17.3 Å². The Morgan fingerprint density at radius 3 is 2.32 bits per heavy atom. The van der Waals surface area contributed by atoms with Crippen LogP contribution in [0.4, 0.5) is 5.69 Å². The van der Waals surface area contributed by atoms with Gasteiger partial charge in [-0.15, -0.1) is 0 Å². The molecule has 0 aliphatic rings. The maximum absolute atomic E-state index is 13.0. The molecule has 3 rings (SSSR count). The van der Waals surface area contributed by atoms with E-state index in [0.717, 1.165) is 5.56 Å². The molecule has 3 aromatic rings. The number of ether oxygens (including phenoxy) is 2. The molecule has 0 heterocycles. The third kappa shape index (κ3) is 5.88. The largest absolute Gasteiger partial charge is 0.495 e. The van der Waals surface area contributed by atoms with Crippen molar-refractivity contribution in [2.75, 3.05) is 26.1 Å². The summed E-state index contributed by atoms with van der Waals surface area (Å²) in [5, 5.41) is 3.16. The number of halogens is 1. The van der Waals surface area contributed by atoms with Crippen LogP contribution in [0.2, 0.25) is 5.02 Å². The number of rotatable bonds is 9.